The Hall–Kier alpha value is -3.35. The van der Waals surface area contributed by atoms with Gasteiger partial charge < -0.3 is 9.73 Å². The van der Waals surface area contributed by atoms with E-state index in [1.165, 1.54) is 12.2 Å². The number of benzene rings is 1. The number of furan rings is 1. The van der Waals surface area contributed by atoms with Gasteiger partial charge in [0.25, 0.3) is 11.8 Å². The van der Waals surface area contributed by atoms with Crippen LogP contribution in [0.5, 0.6) is 0 Å². The number of hydrogen-bond acceptors (Lipinski definition) is 4. The Bertz CT molecular complexity index is 835. The molecule has 1 heterocycles. The van der Waals surface area contributed by atoms with E-state index in [-0.39, 0.29) is 11.8 Å². The van der Waals surface area contributed by atoms with Crippen LogP contribution in [-0.2, 0) is 9.59 Å². The summed E-state index contributed by atoms with van der Waals surface area (Å²) in [5.41, 5.74) is 5.57. The van der Waals surface area contributed by atoms with Crippen molar-refractivity contribution in [1.29, 1.82) is 0 Å². The minimum atomic E-state index is -0.491. The lowest BCUT2D eigenvalue weighted by atomic mass is 10.1. The molecule has 142 valence electrons. The van der Waals surface area contributed by atoms with Gasteiger partial charge in [-0.2, -0.15) is 0 Å². The second kappa shape index (κ2) is 9.38. The van der Waals surface area contributed by atoms with E-state index in [1.54, 1.807) is 43.3 Å². The zero-order valence-corrected chi connectivity index (χ0v) is 15.5. The van der Waals surface area contributed by atoms with Gasteiger partial charge in [0, 0.05) is 23.7 Å². The highest BCUT2D eigenvalue weighted by atomic mass is 16.3. The van der Waals surface area contributed by atoms with Crippen molar-refractivity contribution in [2.75, 3.05) is 5.32 Å². The predicted molar refractivity (Wildman–Crippen MR) is 103 cm³/mol. The molecule has 0 aliphatic heterocycles. The fraction of sp³-hybridized carbons (Fsp3) is 0.250. The van der Waals surface area contributed by atoms with Gasteiger partial charge in [-0.15, -0.1) is 0 Å². The van der Waals surface area contributed by atoms with Crippen molar-refractivity contribution in [1.82, 2.24) is 10.9 Å². The summed E-state index contributed by atoms with van der Waals surface area (Å²) in [4.78, 5) is 35.5. The number of amides is 3. The van der Waals surface area contributed by atoms with Crippen LogP contribution >= 0.6 is 0 Å². The van der Waals surface area contributed by atoms with Gasteiger partial charge in [0.1, 0.15) is 11.5 Å². The molecule has 1 aromatic heterocycles. The third-order valence-electron chi connectivity index (χ3n) is 3.48. The molecule has 0 spiro atoms. The summed E-state index contributed by atoms with van der Waals surface area (Å²) in [7, 11) is 0. The van der Waals surface area contributed by atoms with E-state index < -0.39 is 11.8 Å². The Labute approximate surface area is 157 Å². The maximum absolute atomic E-state index is 12.0. The average Bonchev–Trinajstić information content (AvgIpc) is 3.03. The standard InChI is InChI=1S/C20H23N3O4/c1-13(2)12-19(25)21-16-7-5-15(6-8-16)20(26)23-22-18(24)11-10-17-9-4-14(3)27-17/h4-11,13H,12H2,1-3H3,(H,21,25)(H,22,24)(H,23,26). The largest absolute Gasteiger partial charge is 0.462 e. The molecule has 1 aromatic carbocycles. The molecule has 0 atom stereocenters. The molecule has 0 unspecified atom stereocenters. The highest BCUT2D eigenvalue weighted by Gasteiger charge is 2.08. The normalized spacial score (nSPS) is 10.8. The van der Waals surface area contributed by atoms with Crippen LogP contribution < -0.4 is 16.2 Å². The molecule has 2 aromatic rings. The SMILES string of the molecule is Cc1ccc(C=CC(=O)NNC(=O)c2ccc(NC(=O)CC(C)C)cc2)o1. The molecule has 0 aliphatic rings. The summed E-state index contributed by atoms with van der Waals surface area (Å²) < 4.78 is 5.30. The van der Waals surface area contributed by atoms with Crippen molar-refractivity contribution >= 4 is 29.5 Å². The van der Waals surface area contributed by atoms with Crippen molar-refractivity contribution in [3.8, 4) is 0 Å². The minimum absolute atomic E-state index is 0.0759. The average molecular weight is 369 g/mol. The quantitative estimate of drug-likeness (QED) is 0.538. The van der Waals surface area contributed by atoms with Crippen LogP contribution in [0.4, 0.5) is 5.69 Å². The van der Waals surface area contributed by atoms with Crippen LogP contribution in [0.25, 0.3) is 6.08 Å². The molecule has 0 fully saturated rings. The van der Waals surface area contributed by atoms with Gasteiger partial charge in [-0.3, -0.25) is 25.2 Å². The van der Waals surface area contributed by atoms with Crippen molar-refractivity contribution in [3.63, 3.8) is 0 Å². The second-order valence-corrected chi connectivity index (χ2v) is 6.45. The van der Waals surface area contributed by atoms with E-state index in [9.17, 15) is 14.4 Å². The molecule has 0 aliphatic carbocycles. The van der Waals surface area contributed by atoms with Crippen molar-refractivity contribution in [2.24, 2.45) is 5.92 Å². The Morgan fingerprint density at radius 2 is 1.74 bits per heavy atom. The number of carbonyl (C=O) groups excluding carboxylic acids is 3. The molecule has 7 heteroatoms. The van der Waals surface area contributed by atoms with E-state index in [0.717, 1.165) is 5.76 Å². The first kappa shape index (κ1) is 20.0. The monoisotopic (exact) mass is 369 g/mol. The van der Waals surface area contributed by atoms with E-state index >= 15 is 0 Å². The van der Waals surface area contributed by atoms with E-state index in [1.807, 2.05) is 13.8 Å². The van der Waals surface area contributed by atoms with Crippen molar-refractivity contribution in [3.05, 3.63) is 59.6 Å². The zero-order chi connectivity index (χ0) is 19.8. The molecule has 0 radical (unpaired) electrons. The third kappa shape index (κ3) is 6.81. The van der Waals surface area contributed by atoms with Gasteiger partial charge in [0.2, 0.25) is 5.91 Å². The molecule has 27 heavy (non-hydrogen) atoms. The first-order chi connectivity index (χ1) is 12.8. The molecule has 0 saturated carbocycles. The lowest BCUT2D eigenvalue weighted by molar-refractivity contribution is -0.117. The summed E-state index contributed by atoms with van der Waals surface area (Å²) in [5, 5.41) is 2.77. The molecule has 3 amide bonds. The molecular formula is C20H23N3O4. The first-order valence-electron chi connectivity index (χ1n) is 8.58. The summed E-state index contributed by atoms with van der Waals surface area (Å²) in [6.45, 7) is 5.73. The van der Waals surface area contributed by atoms with Crippen molar-refractivity contribution in [2.45, 2.75) is 27.2 Å². The van der Waals surface area contributed by atoms with E-state index in [0.29, 0.717) is 23.4 Å². The van der Waals surface area contributed by atoms with Crippen LogP contribution in [0.3, 0.4) is 0 Å². The number of rotatable bonds is 6. The minimum Gasteiger partial charge on any atom is -0.462 e. The summed E-state index contributed by atoms with van der Waals surface area (Å²) in [6.07, 6.45) is 3.19. The predicted octanol–water partition coefficient (Wildman–Crippen LogP) is 3.05. The van der Waals surface area contributed by atoms with Gasteiger partial charge in [-0.1, -0.05) is 13.8 Å². The van der Waals surface area contributed by atoms with Crippen LogP contribution in [0.2, 0.25) is 0 Å². The number of nitrogens with one attached hydrogen (secondary N) is 3. The summed E-state index contributed by atoms with van der Waals surface area (Å²) in [6, 6.07) is 9.91. The fourth-order valence-corrected chi connectivity index (χ4v) is 2.22. The van der Waals surface area contributed by atoms with Crippen molar-refractivity contribution < 1.29 is 18.8 Å². The molecular weight excluding hydrogens is 346 g/mol. The second-order valence-electron chi connectivity index (χ2n) is 6.45. The number of aryl methyl sites for hydroxylation is 1. The maximum Gasteiger partial charge on any atom is 0.269 e. The molecule has 2 rings (SSSR count). The number of hydrogen-bond donors (Lipinski definition) is 3. The number of hydrazine groups is 1. The van der Waals surface area contributed by atoms with E-state index in [2.05, 4.69) is 16.2 Å². The fourth-order valence-electron chi connectivity index (χ4n) is 2.22. The Morgan fingerprint density at radius 1 is 1.04 bits per heavy atom. The Kier molecular flexibility index (Phi) is 6.93. The topological polar surface area (TPSA) is 100 Å². The van der Waals surface area contributed by atoms with E-state index in [4.69, 9.17) is 4.42 Å². The molecule has 0 bridgehead atoms. The number of carbonyl (C=O) groups is 3. The smallest absolute Gasteiger partial charge is 0.269 e. The third-order valence-corrected chi connectivity index (χ3v) is 3.48. The number of anilines is 1. The molecule has 3 N–H and O–H groups in total. The summed E-state index contributed by atoms with van der Waals surface area (Å²) >= 11 is 0. The molecule has 0 saturated heterocycles. The zero-order valence-electron chi connectivity index (χ0n) is 15.5. The van der Waals surface area contributed by atoms with Crippen LogP contribution in [0.1, 0.15) is 42.1 Å². The summed E-state index contributed by atoms with van der Waals surface area (Å²) in [5.74, 6) is 0.523. The van der Waals surface area contributed by atoms with Gasteiger partial charge >= 0.3 is 0 Å². The van der Waals surface area contributed by atoms with Crippen LogP contribution in [0.15, 0.2) is 46.9 Å². The van der Waals surface area contributed by atoms with Gasteiger partial charge in [0.15, 0.2) is 0 Å². The highest BCUT2D eigenvalue weighted by Crippen LogP contribution is 2.11. The molecule has 7 nitrogen and oxygen atoms in total. The van der Waals surface area contributed by atoms with Gasteiger partial charge in [-0.05, 0) is 55.3 Å². The Morgan fingerprint density at radius 3 is 2.33 bits per heavy atom. The first-order valence-corrected chi connectivity index (χ1v) is 8.58. The van der Waals surface area contributed by atoms with Gasteiger partial charge in [-0.25, -0.2) is 0 Å². The lowest BCUT2D eigenvalue weighted by Crippen LogP contribution is -2.40. The lowest BCUT2D eigenvalue weighted by Gasteiger charge is -2.08. The van der Waals surface area contributed by atoms with Crippen LogP contribution in [0, 0.1) is 12.8 Å². The van der Waals surface area contributed by atoms with Crippen LogP contribution in [-0.4, -0.2) is 17.7 Å². The highest BCUT2D eigenvalue weighted by molar-refractivity contribution is 5.98. The maximum atomic E-state index is 12.0. The van der Waals surface area contributed by atoms with Gasteiger partial charge in [0.05, 0.1) is 0 Å². The Balaban J connectivity index is 1.82.